The molecule has 0 aliphatic rings. The molecular weight excluding hydrogens is 314 g/mol. The van der Waals surface area contributed by atoms with Crippen molar-refractivity contribution in [2.24, 2.45) is 0 Å². The van der Waals surface area contributed by atoms with E-state index in [0.29, 0.717) is 18.7 Å². The molecule has 128 valence electrons. The van der Waals surface area contributed by atoms with Crippen LogP contribution in [0.3, 0.4) is 0 Å². The van der Waals surface area contributed by atoms with Crippen molar-refractivity contribution < 1.29 is 9.53 Å². The topological polar surface area (TPSA) is 47.4 Å². The van der Waals surface area contributed by atoms with E-state index in [1.165, 1.54) is 5.56 Å². The number of aromatic nitrogens is 2. The van der Waals surface area contributed by atoms with Crippen molar-refractivity contribution in [2.75, 3.05) is 20.2 Å². The number of aryl methyl sites for hydroxylation is 1. The summed E-state index contributed by atoms with van der Waals surface area (Å²) in [6.45, 7) is 3.01. The molecule has 0 unspecified atom stereocenters. The maximum absolute atomic E-state index is 12.5. The first-order chi connectivity index (χ1) is 12.1. The van der Waals surface area contributed by atoms with Crippen LogP contribution >= 0.6 is 0 Å². The van der Waals surface area contributed by atoms with Crippen molar-refractivity contribution in [3.05, 3.63) is 78.1 Å². The molecule has 0 aliphatic heterocycles. The van der Waals surface area contributed by atoms with Crippen LogP contribution in [0.1, 0.15) is 15.9 Å². The number of amides is 1. The van der Waals surface area contributed by atoms with E-state index in [9.17, 15) is 4.79 Å². The van der Waals surface area contributed by atoms with Crippen molar-refractivity contribution >= 4 is 5.91 Å². The van der Waals surface area contributed by atoms with Gasteiger partial charge >= 0.3 is 0 Å². The number of carbonyl (C=O) groups excluding carboxylic acids is 1. The third-order valence-corrected chi connectivity index (χ3v) is 3.95. The third-order valence-electron chi connectivity index (χ3n) is 3.95. The van der Waals surface area contributed by atoms with E-state index >= 15 is 0 Å². The van der Waals surface area contributed by atoms with Gasteiger partial charge in [-0.15, -0.1) is 0 Å². The molecule has 1 aromatic heterocycles. The van der Waals surface area contributed by atoms with Gasteiger partial charge in [-0.1, -0.05) is 17.7 Å². The molecule has 0 fully saturated rings. The van der Waals surface area contributed by atoms with Gasteiger partial charge < -0.3 is 9.64 Å². The molecule has 0 aliphatic carbocycles. The standard InChI is InChI=1S/C20H21N3O2/c1-16-4-10-19(11-5-16)25-15-14-22(2)20(24)17-6-8-18(9-7-17)23-13-3-12-21-23/h3-13H,14-15H2,1-2H3. The number of benzene rings is 2. The molecule has 0 bridgehead atoms. The fourth-order valence-electron chi connectivity index (χ4n) is 2.44. The number of ether oxygens (including phenoxy) is 1. The summed E-state index contributed by atoms with van der Waals surface area (Å²) < 4.78 is 7.44. The van der Waals surface area contributed by atoms with Gasteiger partial charge in [-0.3, -0.25) is 4.79 Å². The molecule has 1 heterocycles. The van der Waals surface area contributed by atoms with Crippen molar-refractivity contribution in [1.82, 2.24) is 14.7 Å². The van der Waals surface area contributed by atoms with Crippen molar-refractivity contribution in [1.29, 1.82) is 0 Å². The predicted molar refractivity (Wildman–Crippen MR) is 97.2 cm³/mol. The van der Waals surface area contributed by atoms with Gasteiger partial charge in [-0.05, 0) is 49.4 Å². The summed E-state index contributed by atoms with van der Waals surface area (Å²) in [6.07, 6.45) is 3.59. The summed E-state index contributed by atoms with van der Waals surface area (Å²) in [5.41, 5.74) is 2.76. The van der Waals surface area contributed by atoms with E-state index in [1.54, 1.807) is 22.8 Å². The highest BCUT2D eigenvalue weighted by atomic mass is 16.5. The van der Waals surface area contributed by atoms with Crippen LogP contribution in [0.15, 0.2) is 67.0 Å². The van der Waals surface area contributed by atoms with Crippen molar-refractivity contribution in [3.8, 4) is 11.4 Å². The molecule has 0 N–H and O–H groups in total. The highest BCUT2D eigenvalue weighted by Gasteiger charge is 2.11. The van der Waals surface area contributed by atoms with Crippen LogP contribution < -0.4 is 4.74 Å². The molecule has 25 heavy (non-hydrogen) atoms. The molecular formula is C20H21N3O2. The molecule has 0 spiro atoms. The fourth-order valence-corrected chi connectivity index (χ4v) is 2.44. The monoisotopic (exact) mass is 335 g/mol. The Hall–Kier alpha value is -3.08. The molecule has 1 amide bonds. The molecule has 5 nitrogen and oxygen atoms in total. The zero-order chi connectivity index (χ0) is 17.6. The summed E-state index contributed by atoms with van der Waals surface area (Å²) >= 11 is 0. The SMILES string of the molecule is Cc1ccc(OCCN(C)C(=O)c2ccc(-n3cccn3)cc2)cc1. The lowest BCUT2D eigenvalue weighted by molar-refractivity contribution is 0.0774. The van der Waals surface area contributed by atoms with Gasteiger partial charge in [0.15, 0.2) is 0 Å². The second kappa shape index (κ2) is 7.66. The van der Waals surface area contributed by atoms with Crippen molar-refractivity contribution in [2.45, 2.75) is 6.92 Å². The Bertz CT molecular complexity index is 809. The Balaban J connectivity index is 1.54. The smallest absolute Gasteiger partial charge is 0.253 e. The highest BCUT2D eigenvalue weighted by molar-refractivity contribution is 5.94. The number of hydrogen-bond donors (Lipinski definition) is 0. The average Bonchev–Trinajstić information content (AvgIpc) is 3.17. The van der Waals surface area contributed by atoms with Crippen LogP contribution in [0.2, 0.25) is 0 Å². The van der Waals surface area contributed by atoms with E-state index in [0.717, 1.165) is 11.4 Å². The predicted octanol–water partition coefficient (Wildman–Crippen LogP) is 3.33. The highest BCUT2D eigenvalue weighted by Crippen LogP contribution is 2.12. The van der Waals surface area contributed by atoms with Crippen LogP contribution in [0.4, 0.5) is 0 Å². The Morgan fingerprint density at radius 1 is 1.12 bits per heavy atom. The van der Waals surface area contributed by atoms with Gasteiger partial charge in [0.1, 0.15) is 12.4 Å². The molecule has 0 atom stereocenters. The second-order valence-electron chi connectivity index (χ2n) is 5.89. The van der Waals surface area contributed by atoms with E-state index in [2.05, 4.69) is 5.10 Å². The zero-order valence-electron chi connectivity index (χ0n) is 14.4. The van der Waals surface area contributed by atoms with Gasteiger partial charge in [0.05, 0.1) is 12.2 Å². The van der Waals surface area contributed by atoms with E-state index in [4.69, 9.17) is 4.74 Å². The van der Waals surface area contributed by atoms with Gasteiger partial charge in [0.2, 0.25) is 0 Å². The van der Waals surface area contributed by atoms with E-state index in [1.807, 2.05) is 67.7 Å². The van der Waals surface area contributed by atoms with Crippen LogP contribution in [-0.2, 0) is 0 Å². The first-order valence-electron chi connectivity index (χ1n) is 8.18. The summed E-state index contributed by atoms with van der Waals surface area (Å²) in [7, 11) is 1.78. The molecule has 0 saturated carbocycles. The number of rotatable bonds is 6. The Morgan fingerprint density at radius 2 is 1.84 bits per heavy atom. The lowest BCUT2D eigenvalue weighted by Crippen LogP contribution is -2.30. The Kier molecular flexibility index (Phi) is 5.14. The van der Waals surface area contributed by atoms with Crippen LogP contribution in [0, 0.1) is 6.92 Å². The minimum atomic E-state index is -0.0282. The molecule has 3 aromatic rings. The minimum absolute atomic E-state index is 0.0282. The van der Waals surface area contributed by atoms with Crippen LogP contribution in [0.25, 0.3) is 5.69 Å². The first kappa shape index (κ1) is 16.8. The lowest BCUT2D eigenvalue weighted by atomic mass is 10.2. The fraction of sp³-hybridized carbons (Fsp3) is 0.200. The second-order valence-corrected chi connectivity index (χ2v) is 5.89. The van der Waals surface area contributed by atoms with Crippen LogP contribution in [-0.4, -0.2) is 40.8 Å². The minimum Gasteiger partial charge on any atom is -0.492 e. The summed E-state index contributed by atoms with van der Waals surface area (Å²) in [6, 6.07) is 17.1. The van der Waals surface area contributed by atoms with Gasteiger partial charge in [-0.25, -0.2) is 4.68 Å². The van der Waals surface area contributed by atoms with Gasteiger partial charge in [0, 0.05) is 25.0 Å². The number of nitrogens with zero attached hydrogens (tertiary/aromatic N) is 3. The van der Waals surface area contributed by atoms with Gasteiger partial charge in [0.25, 0.3) is 5.91 Å². The third kappa shape index (κ3) is 4.26. The molecule has 0 radical (unpaired) electrons. The summed E-state index contributed by atoms with van der Waals surface area (Å²) in [5, 5.41) is 4.18. The largest absolute Gasteiger partial charge is 0.492 e. The van der Waals surface area contributed by atoms with E-state index < -0.39 is 0 Å². The van der Waals surface area contributed by atoms with E-state index in [-0.39, 0.29) is 5.91 Å². The van der Waals surface area contributed by atoms with Crippen molar-refractivity contribution in [3.63, 3.8) is 0 Å². The number of hydrogen-bond acceptors (Lipinski definition) is 3. The average molecular weight is 335 g/mol. The number of carbonyl (C=O) groups is 1. The number of likely N-dealkylation sites (N-methyl/N-ethyl adjacent to an activating group) is 1. The molecule has 2 aromatic carbocycles. The zero-order valence-corrected chi connectivity index (χ0v) is 14.4. The van der Waals surface area contributed by atoms with Gasteiger partial charge in [-0.2, -0.15) is 5.10 Å². The Morgan fingerprint density at radius 3 is 2.48 bits per heavy atom. The lowest BCUT2D eigenvalue weighted by Gasteiger charge is -2.18. The summed E-state index contributed by atoms with van der Waals surface area (Å²) in [4.78, 5) is 14.1. The summed E-state index contributed by atoms with van der Waals surface area (Å²) in [5.74, 6) is 0.787. The molecule has 3 rings (SSSR count). The molecule has 0 saturated heterocycles. The maximum Gasteiger partial charge on any atom is 0.253 e. The Labute approximate surface area is 147 Å². The normalized spacial score (nSPS) is 10.5. The first-order valence-corrected chi connectivity index (χ1v) is 8.18. The van der Waals surface area contributed by atoms with Crippen LogP contribution in [0.5, 0.6) is 5.75 Å². The molecule has 5 heteroatoms. The quantitative estimate of drug-likeness (QED) is 0.694. The maximum atomic E-state index is 12.5.